The molecule has 3 aromatic rings. The third kappa shape index (κ3) is 4.15. The van der Waals surface area contributed by atoms with Gasteiger partial charge in [-0.3, -0.25) is 9.78 Å². The largest absolute Gasteiger partial charge is 0.325 e. The molecule has 2 aromatic carbocycles. The molecule has 7 heteroatoms. The molecule has 0 radical (unpaired) electrons. The molecular weight excluding hydrogens is 362 g/mol. The van der Waals surface area contributed by atoms with Gasteiger partial charge in [-0.15, -0.1) is 0 Å². The number of aryl methyl sites for hydroxylation is 2. The molecule has 0 fully saturated rings. The number of nitrogens with one attached hydrogen (secondary N) is 1. The maximum atomic E-state index is 12.9. The number of sulfonamides is 1. The van der Waals surface area contributed by atoms with Gasteiger partial charge in [0.1, 0.15) is 4.90 Å². The smallest absolute Gasteiger partial charge is 0.245 e. The number of fused-ring (bicyclic) bond motifs is 1. The molecule has 1 heterocycles. The van der Waals surface area contributed by atoms with Crippen molar-refractivity contribution in [3.05, 3.63) is 65.9 Å². The van der Waals surface area contributed by atoms with E-state index in [2.05, 4.69) is 10.3 Å². The second kappa shape index (κ2) is 7.46. The lowest BCUT2D eigenvalue weighted by Crippen LogP contribution is -2.35. The van der Waals surface area contributed by atoms with E-state index in [-0.39, 0.29) is 11.4 Å². The zero-order chi connectivity index (χ0) is 19.6. The van der Waals surface area contributed by atoms with Crippen molar-refractivity contribution in [2.75, 3.05) is 18.9 Å². The maximum absolute atomic E-state index is 12.9. The van der Waals surface area contributed by atoms with Gasteiger partial charge in [-0.05, 0) is 49.2 Å². The van der Waals surface area contributed by atoms with Crippen LogP contribution in [-0.2, 0) is 14.8 Å². The Hall–Kier alpha value is -2.77. The summed E-state index contributed by atoms with van der Waals surface area (Å²) in [5.74, 6) is -0.403. The quantitative estimate of drug-likeness (QED) is 0.734. The highest BCUT2D eigenvalue weighted by Crippen LogP contribution is 2.23. The Morgan fingerprint density at radius 1 is 1.07 bits per heavy atom. The fourth-order valence-electron chi connectivity index (χ4n) is 2.99. The van der Waals surface area contributed by atoms with Gasteiger partial charge in [0.2, 0.25) is 15.9 Å². The van der Waals surface area contributed by atoms with Crippen molar-refractivity contribution in [2.24, 2.45) is 0 Å². The van der Waals surface area contributed by atoms with E-state index in [1.807, 2.05) is 32.0 Å². The van der Waals surface area contributed by atoms with Gasteiger partial charge in [-0.25, -0.2) is 8.42 Å². The van der Waals surface area contributed by atoms with Crippen LogP contribution in [0.5, 0.6) is 0 Å². The number of rotatable bonds is 5. The highest BCUT2D eigenvalue weighted by Gasteiger charge is 2.25. The van der Waals surface area contributed by atoms with Crippen molar-refractivity contribution in [1.82, 2.24) is 9.29 Å². The topological polar surface area (TPSA) is 79.4 Å². The third-order valence-electron chi connectivity index (χ3n) is 4.16. The summed E-state index contributed by atoms with van der Waals surface area (Å²) in [7, 11) is -2.47. The molecule has 0 atom stereocenters. The zero-order valence-corrected chi connectivity index (χ0v) is 16.2. The average Bonchev–Trinajstić information content (AvgIpc) is 2.60. The van der Waals surface area contributed by atoms with Gasteiger partial charge in [0.15, 0.2) is 0 Å². The van der Waals surface area contributed by atoms with Gasteiger partial charge >= 0.3 is 0 Å². The standard InChI is InChI=1S/C20H21N3O3S/c1-14-10-15(2)12-17(11-14)22-19(24)13-23(3)27(25,26)18-8-4-6-16-7-5-9-21-20(16)18/h4-12H,13H2,1-3H3,(H,22,24). The lowest BCUT2D eigenvalue weighted by Gasteiger charge is -2.18. The van der Waals surface area contributed by atoms with E-state index < -0.39 is 15.9 Å². The van der Waals surface area contributed by atoms with Crippen LogP contribution >= 0.6 is 0 Å². The molecule has 3 rings (SSSR count). The number of nitrogens with zero attached hydrogens (tertiary/aromatic N) is 2. The number of para-hydroxylation sites is 1. The molecular formula is C20H21N3O3S. The van der Waals surface area contributed by atoms with Crippen LogP contribution in [-0.4, -0.2) is 37.2 Å². The zero-order valence-electron chi connectivity index (χ0n) is 15.4. The van der Waals surface area contributed by atoms with Crippen molar-refractivity contribution in [3.8, 4) is 0 Å². The van der Waals surface area contributed by atoms with E-state index in [0.29, 0.717) is 11.2 Å². The number of carbonyl (C=O) groups is 1. The van der Waals surface area contributed by atoms with Gasteiger partial charge in [-0.2, -0.15) is 4.31 Å². The van der Waals surface area contributed by atoms with Crippen LogP contribution < -0.4 is 5.32 Å². The molecule has 0 saturated carbocycles. The van der Waals surface area contributed by atoms with Crippen LogP contribution in [0.4, 0.5) is 5.69 Å². The van der Waals surface area contributed by atoms with E-state index in [1.165, 1.54) is 13.1 Å². The van der Waals surface area contributed by atoms with E-state index in [9.17, 15) is 13.2 Å². The monoisotopic (exact) mass is 383 g/mol. The second-order valence-electron chi connectivity index (χ2n) is 6.52. The van der Waals surface area contributed by atoms with Crippen LogP contribution in [0, 0.1) is 13.8 Å². The van der Waals surface area contributed by atoms with Crippen molar-refractivity contribution in [2.45, 2.75) is 18.7 Å². The summed E-state index contributed by atoms with van der Waals surface area (Å²) < 4.78 is 26.9. The number of benzene rings is 2. The Balaban J connectivity index is 1.81. The predicted molar refractivity (Wildman–Crippen MR) is 106 cm³/mol. The molecule has 0 spiro atoms. The first kappa shape index (κ1) is 19.0. The predicted octanol–water partition coefficient (Wildman–Crippen LogP) is 3.11. The fourth-order valence-corrected chi connectivity index (χ4v) is 4.28. The maximum Gasteiger partial charge on any atom is 0.245 e. The molecule has 0 aliphatic carbocycles. The number of pyridine rings is 1. The lowest BCUT2D eigenvalue weighted by atomic mass is 10.1. The summed E-state index contributed by atoms with van der Waals surface area (Å²) in [6, 6.07) is 14.2. The summed E-state index contributed by atoms with van der Waals surface area (Å²) in [6.45, 7) is 3.58. The molecule has 1 aromatic heterocycles. The van der Waals surface area contributed by atoms with Crippen molar-refractivity contribution in [3.63, 3.8) is 0 Å². The number of likely N-dealkylation sites (N-methyl/N-ethyl adjacent to an activating group) is 1. The van der Waals surface area contributed by atoms with Gasteiger partial charge in [-0.1, -0.05) is 24.3 Å². The summed E-state index contributed by atoms with van der Waals surface area (Å²) >= 11 is 0. The average molecular weight is 383 g/mol. The molecule has 0 saturated heterocycles. The molecule has 27 heavy (non-hydrogen) atoms. The number of aromatic nitrogens is 1. The Morgan fingerprint density at radius 2 is 1.74 bits per heavy atom. The first-order valence-electron chi connectivity index (χ1n) is 8.45. The van der Waals surface area contributed by atoms with Crippen LogP contribution in [0.1, 0.15) is 11.1 Å². The van der Waals surface area contributed by atoms with E-state index >= 15 is 0 Å². The number of anilines is 1. The molecule has 140 valence electrons. The van der Waals surface area contributed by atoms with Crippen molar-refractivity contribution < 1.29 is 13.2 Å². The van der Waals surface area contributed by atoms with Crippen LogP contribution in [0.25, 0.3) is 10.9 Å². The Morgan fingerprint density at radius 3 is 2.44 bits per heavy atom. The Bertz CT molecular complexity index is 1080. The minimum Gasteiger partial charge on any atom is -0.325 e. The second-order valence-corrected chi connectivity index (χ2v) is 8.53. The van der Waals surface area contributed by atoms with E-state index in [1.54, 1.807) is 30.5 Å². The number of hydrogen-bond donors (Lipinski definition) is 1. The third-order valence-corrected chi connectivity index (χ3v) is 5.99. The van der Waals surface area contributed by atoms with E-state index in [4.69, 9.17) is 0 Å². The summed E-state index contributed by atoms with van der Waals surface area (Å²) in [5, 5.41) is 3.48. The molecule has 0 unspecified atom stereocenters. The first-order chi connectivity index (χ1) is 12.8. The van der Waals surface area contributed by atoms with Gasteiger partial charge in [0, 0.05) is 24.3 Å². The highest BCUT2D eigenvalue weighted by molar-refractivity contribution is 7.89. The minimum absolute atomic E-state index is 0.0855. The van der Waals surface area contributed by atoms with Crippen molar-refractivity contribution >= 4 is 32.5 Å². The highest BCUT2D eigenvalue weighted by atomic mass is 32.2. The van der Waals surface area contributed by atoms with Crippen molar-refractivity contribution in [1.29, 1.82) is 0 Å². The summed E-state index contributed by atoms with van der Waals surface area (Å²) in [6.07, 6.45) is 1.55. The molecule has 0 bridgehead atoms. The number of amides is 1. The molecule has 0 aliphatic rings. The van der Waals surface area contributed by atoms with E-state index in [0.717, 1.165) is 20.8 Å². The number of carbonyl (C=O) groups excluding carboxylic acids is 1. The van der Waals surface area contributed by atoms with Crippen LogP contribution in [0.15, 0.2) is 59.6 Å². The number of hydrogen-bond acceptors (Lipinski definition) is 4. The molecule has 6 nitrogen and oxygen atoms in total. The Labute approximate surface area is 158 Å². The fraction of sp³-hybridized carbons (Fsp3) is 0.200. The summed E-state index contributed by atoms with van der Waals surface area (Å²) in [4.78, 5) is 16.6. The molecule has 0 aliphatic heterocycles. The lowest BCUT2D eigenvalue weighted by molar-refractivity contribution is -0.116. The van der Waals surface area contributed by atoms with Crippen LogP contribution in [0.2, 0.25) is 0 Å². The molecule has 1 N–H and O–H groups in total. The minimum atomic E-state index is -3.86. The van der Waals surface area contributed by atoms with Gasteiger partial charge in [0.25, 0.3) is 0 Å². The molecule has 1 amide bonds. The van der Waals surface area contributed by atoms with Crippen LogP contribution in [0.3, 0.4) is 0 Å². The van der Waals surface area contributed by atoms with Gasteiger partial charge < -0.3 is 5.32 Å². The normalized spacial score (nSPS) is 11.7. The first-order valence-corrected chi connectivity index (χ1v) is 9.89. The summed E-state index contributed by atoms with van der Waals surface area (Å²) in [5.41, 5.74) is 3.08. The SMILES string of the molecule is Cc1cc(C)cc(NC(=O)CN(C)S(=O)(=O)c2cccc3cccnc23)c1. The van der Waals surface area contributed by atoms with Gasteiger partial charge in [0.05, 0.1) is 12.1 Å². The Kier molecular flexibility index (Phi) is 5.25.